The summed E-state index contributed by atoms with van der Waals surface area (Å²) in [5, 5.41) is 0. The molecule has 1 aliphatic carbocycles. The van der Waals surface area contributed by atoms with E-state index in [4.69, 9.17) is 0 Å². The normalized spacial score (nSPS) is 30.9. The Kier molecular flexibility index (Phi) is 4.09. The monoisotopic (exact) mass is 264 g/mol. The first kappa shape index (κ1) is 14.3. The SMILES string of the molecule is CC1=C[C@H](C)[C@H]2C(=O)N(CCCN(C)C)C(=O)[C@@H]2C1. The van der Waals surface area contributed by atoms with Crippen molar-refractivity contribution in [3.63, 3.8) is 0 Å². The molecule has 2 rings (SSSR count). The van der Waals surface area contributed by atoms with Gasteiger partial charge in [-0.2, -0.15) is 0 Å². The zero-order chi connectivity index (χ0) is 14.2. The fourth-order valence-electron chi connectivity index (χ4n) is 3.35. The molecule has 106 valence electrons. The third-order valence-corrected chi connectivity index (χ3v) is 4.21. The number of likely N-dealkylation sites (tertiary alicyclic amines) is 1. The molecule has 0 saturated carbocycles. The molecule has 0 radical (unpaired) electrons. The van der Waals surface area contributed by atoms with Gasteiger partial charge in [0.2, 0.25) is 11.8 Å². The van der Waals surface area contributed by atoms with E-state index < -0.39 is 0 Å². The van der Waals surface area contributed by atoms with Crippen LogP contribution >= 0.6 is 0 Å². The minimum absolute atomic E-state index is 0.0463. The van der Waals surface area contributed by atoms with Crippen molar-refractivity contribution in [1.29, 1.82) is 0 Å². The van der Waals surface area contributed by atoms with E-state index in [1.165, 1.54) is 10.5 Å². The second-order valence-corrected chi connectivity index (χ2v) is 6.19. The van der Waals surface area contributed by atoms with Gasteiger partial charge in [-0.15, -0.1) is 0 Å². The molecule has 0 bridgehead atoms. The maximum Gasteiger partial charge on any atom is 0.233 e. The Hall–Kier alpha value is -1.16. The molecule has 1 saturated heterocycles. The summed E-state index contributed by atoms with van der Waals surface area (Å²) in [6, 6.07) is 0. The van der Waals surface area contributed by atoms with Crippen molar-refractivity contribution in [3.05, 3.63) is 11.6 Å². The fraction of sp³-hybridized carbons (Fsp3) is 0.733. The Bertz CT molecular complexity index is 414. The van der Waals surface area contributed by atoms with Crippen molar-refractivity contribution in [3.8, 4) is 0 Å². The van der Waals surface area contributed by atoms with Crippen LogP contribution in [0, 0.1) is 17.8 Å². The van der Waals surface area contributed by atoms with Crippen LogP contribution in [0.4, 0.5) is 0 Å². The fourth-order valence-corrected chi connectivity index (χ4v) is 3.35. The van der Waals surface area contributed by atoms with Crippen LogP contribution in [-0.4, -0.2) is 48.8 Å². The average Bonchev–Trinajstić information content (AvgIpc) is 2.53. The van der Waals surface area contributed by atoms with Crippen LogP contribution in [0.3, 0.4) is 0 Å². The molecular weight excluding hydrogens is 240 g/mol. The topological polar surface area (TPSA) is 40.6 Å². The first-order valence-electron chi connectivity index (χ1n) is 7.09. The van der Waals surface area contributed by atoms with Crippen LogP contribution in [0.1, 0.15) is 26.7 Å². The van der Waals surface area contributed by atoms with E-state index in [0.717, 1.165) is 19.4 Å². The summed E-state index contributed by atoms with van der Waals surface area (Å²) >= 11 is 0. The summed E-state index contributed by atoms with van der Waals surface area (Å²) in [5.74, 6) is 0.0644. The molecule has 1 heterocycles. The standard InChI is InChI=1S/C15H24N2O2/c1-10-8-11(2)13-12(9-10)14(18)17(15(13)19)7-5-6-16(3)4/h8,11-13H,5-7,9H2,1-4H3/t11-,12+,13+/m0/s1. The van der Waals surface area contributed by atoms with E-state index in [0.29, 0.717) is 6.54 Å². The van der Waals surface area contributed by atoms with Gasteiger partial charge in [0, 0.05) is 6.54 Å². The third kappa shape index (κ3) is 2.73. The number of amides is 2. The minimum Gasteiger partial charge on any atom is -0.309 e. The number of carbonyl (C=O) groups excluding carboxylic acids is 2. The van der Waals surface area contributed by atoms with Gasteiger partial charge in [0.15, 0.2) is 0 Å². The smallest absolute Gasteiger partial charge is 0.233 e. The summed E-state index contributed by atoms with van der Waals surface area (Å²) < 4.78 is 0. The minimum atomic E-state index is -0.115. The zero-order valence-electron chi connectivity index (χ0n) is 12.3. The number of hydrogen-bond acceptors (Lipinski definition) is 3. The van der Waals surface area contributed by atoms with Crippen molar-refractivity contribution in [2.45, 2.75) is 26.7 Å². The van der Waals surface area contributed by atoms with E-state index in [9.17, 15) is 9.59 Å². The molecule has 0 aromatic heterocycles. The van der Waals surface area contributed by atoms with Crippen molar-refractivity contribution in [2.24, 2.45) is 17.8 Å². The van der Waals surface area contributed by atoms with Gasteiger partial charge in [0.1, 0.15) is 0 Å². The van der Waals surface area contributed by atoms with Gasteiger partial charge >= 0.3 is 0 Å². The molecule has 19 heavy (non-hydrogen) atoms. The van der Waals surface area contributed by atoms with Crippen molar-refractivity contribution in [2.75, 3.05) is 27.2 Å². The number of allylic oxidation sites excluding steroid dienone is 2. The number of rotatable bonds is 4. The van der Waals surface area contributed by atoms with Crippen LogP contribution in [-0.2, 0) is 9.59 Å². The molecule has 4 heteroatoms. The molecule has 0 aromatic rings. The van der Waals surface area contributed by atoms with Gasteiger partial charge < -0.3 is 4.90 Å². The van der Waals surface area contributed by atoms with Gasteiger partial charge in [0.25, 0.3) is 0 Å². The van der Waals surface area contributed by atoms with Crippen LogP contribution in [0.5, 0.6) is 0 Å². The lowest BCUT2D eigenvalue weighted by Gasteiger charge is -2.25. The Morgan fingerprint density at radius 3 is 2.63 bits per heavy atom. The van der Waals surface area contributed by atoms with Crippen molar-refractivity contribution in [1.82, 2.24) is 9.80 Å². The molecule has 0 N–H and O–H groups in total. The Morgan fingerprint density at radius 2 is 2.00 bits per heavy atom. The molecule has 1 fully saturated rings. The highest BCUT2D eigenvalue weighted by Crippen LogP contribution is 2.40. The summed E-state index contributed by atoms with van der Waals surface area (Å²) in [5.41, 5.74) is 1.24. The van der Waals surface area contributed by atoms with Crippen LogP contribution in [0.2, 0.25) is 0 Å². The summed E-state index contributed by atoms with van der Waals surface area (Å²) in [7, 11) is 4.01. The highest BCUT2D eigenvalue weighted by molar-refractivity contribution is 6.05. The van der Waals surface area contributed by atoms with E-state index in [1.807, 2.05) is 14.1 Å². The molecular formula is C15H24N2O2. The Morgan fingerprint density at radius 1 is 1.32 bits per heavy atom. The third-order valence-electron chi connectivity index (χ3n) is 4.21. The zero-order valence-corrected chi connectivity index (χ0v) is 12.3. The Balaban J connectivity index is 2.06. The molecule has 0 spiro atoms. The van der Waals surface area contributed by atoms with E-state index in [1.54, 1.807) is 0 Å². The van der Waals surface area contributed by atoms with E-state index in [2.05, 4.69) is 24.8 Å². The summed E-state index contributed by atoms with van der Waals surface area (Å²) in [6.45, 7) is 5.57. The second kappa shape index (κ2) is 5.45. The molecule has 0 aromatic carbocycles. The van der Waals surface area contributed by atoms with Crippen molar-refractivity contribution >= 4 is 11.8 Å². The van der Waals surface area contributed by atoms with Crippen molar-refractivity contribution < 1.29 is 9.59 Å². The molecule has 4 nitrogen and oxygen atoms in total. The first-order valence-corrected chi connectivity index (χ1v) is 7.09. The van der Waals surface area contributed by atoms with Gasteiger partial charge in [-0.3, -0.25) is 14.5 Å². The lowest BCUT2D eigenvalue weighted by Crippen LogP contribution is -2.34. The summed E-state index contributed by atoms with van der Waals surface area (Å²) in [6.07, 6.45) is 3.75. The lowest BCUT2D eigenvalue weighted by molar-refractivity contribution is -0.140. The lowest BCUT2D eigenvalue weighted by atomic mass is 9.76. The van der Waals surface area contributed by atoms with Gasteiger partial charge in [-0.1, -0.05) is 18.6 Å². The number of nitrogens with zero attached hydrogens (tertiary/aromatic N) is 2. The van der Waals surface area contributed by atoms with E-state index >= 15 is 0 Å². The van der Waals surface area contributed by atoms with Crippen LogP contribution in [0.15, 0.2) is 11.6 Å². The predicted molar refractivity (Wildman–Crippen MR) is 74.4 cm³/mol. The Labute approximate surface area is 115 Å². The highest BCUT2D eigenvalue weighted by Gasteiger charge is 2.50. The van der Waals surface area contributed by atoms with Gasteiger partial charge in [-0.25, -0.2) is 0 Å². The maximum absolute atomic E-state index is 12.4. The summed E-state index contributed by atoms with van der Waals surface area (Å²) in [4.78, 5) is 28.4. The number of hydrogen-bond donors (Lipinski definition) is 0. The molecule has 2 amide bonds. The van der Waals surface area contributed by atoms with E-state index in [-0.39, 0.29) is 29.6 Å². The highest BCUT2D eigenvalue weighted by atomic mass is 16.2. The van der Waals surface area contributed by atoms with Gasteiger partial charge in [0.05, 0.1) is 11.8 Å². The first-order chi connectivity index (χ1) is 8.91. The number of imide groups is 1. The van der Waals surface area contributed by atoms with Crippen LogP contribution < -0.4 is 0 Å². The molecule has 2 aliphatic rings. The molecule has 1 aliphatic heterocycles. The second-order valence-electron chi connectivity index (χ2n) is 6.19. The largest absolute Gasteiger partial charge is 0.309 e. The molecule has 0 unspecified atom stereocenters. The van der Waals surface area contributed by atoms with Crippen LogP contribution in [0.25, 0.3) is 0 Å². The van der Waals surface area contributed by atoms with Gasteiger partial charge in [-0.05, 0) is 46.3 Å². The quantitative estimate of drug-likeness (QED) is 0.571. The maximum atomic E-state index is 12.4. The average molecular weight is 264 g/mol. The predicted octanol–water partition coefficient (Wildman–Crippen LogP) is 1.53. The number of carbonyl (C=O) groups is 2. The number of fused-ring (bicyclic) bond motifs is 1. The molecule has 3 atom stereocenters.